The molecule has 1 unspecified atom stereocenters. The van der Waals surface area contributed by atoms with Crippen molar-refractivity contribution in [2.24, 2.45) is 5.73 Å². The van der Waals surface area contributed by atoms with Crippen LogP contribution in [-0.4, -0.2) is 22.8 Å². The van der Waals surface area contributed by atoms with E-state index in [9.17, 15) is 9.59 Å². The van der Waals surface area contributed by atoms with E-state index in [-0.39, 0.29) is 11.2 Å². The third kappa shape index (κ3) is 2.92. The number of rotatable bonds is 4. The van der Waals surface area contributed by atoms with Crippen molar-refractivity contribution in [1.82, 2.24) is 5.32 Å². The van der Waals surface area contributed by atoms with Gasteiger partial charge in [0.15, 0.2) is 0 Å². The monoisotopic (exact) mass is 212 g/mol. The molecule has 0 saturated heterocycles. The van der Waals surface area contributed by atoms with Crippen molar-refractivity contribution in [1.29, 1.82) is 0 Å². The van der Waals surface area contributed by atoms with Crippen molar-refractivity contribution in [3.05, 3.63) is 23.9 Å². The zero-order valence-corrected chi connectivity index (χ0v) is 8.64. The fourth-order valence-electron chi connectivity index (χ4n) is 1.02. The first-order valence-corrected chi connectivity index (χ1v) is 5.19. The Morgan fingerprint density at radius 1 is 1.64 bits per heavy atom. The molecule has 14 heavy (non-hydrogen) atoms. The summed E-state index contributed by atoms with van der Waals surface area (Å²) in [6.45, 7) is 1.51. The maximum Gasteiger partial charge on any atom is 0.247 e. The van der Waals surface area contributed by atoms with Gasteiger partial charge in [0.2, 0.25) is 5.91 Å². The van der Waals surface area contributed by atoms with Crippen molar-refractivity contribution >= 4 is 23.5 Å². The maximum atomic E-state index is 11.0. The fraction of sp³-hybridized carbons (Fsp3) is 0.333. The highest BCUT2D eigenvalue weighted by Crippen LogP contribution is 2.19. The fourth-order valence-corrected chi connectivity index (χ4v) is 1.97. The number of thioether (sulfide) groups is 1. The Balaban J connectivity index is 2.60. The van der Waals surface area contributed by atoms with Gasteiger partial charge in [0.1, 0.15) is 11.2 Å². The Morgan fingerprint density at radius 3 is 2.93 bits per heavy atom. The van der Waals surface area contributed by atoms with Crippen LogP contribution in [0.25, 0.3) is 0 Å². The van der Waals surface area contributed by atoms with E-state index >= 15 is 0 Å². The van der Waals surface area contributed by atoms with E-state index in [2.05, 4.69) is 5.32 Å². The first-order chi connectivity index (χ1) is 6.61. The summed E-state index contributed by atoms with van der Waals surface area (Å²) in [6.07, 6.45) is 5.10. The van der Waals surface area contributed by atoms with Crippen LogP contribution >= 0.6 is 11.8 Å². The summed E-state index contributed by atoms with van der Waals surface area (Å²) in [6, 6.07) is 0. The van der Waals surface area contributed by atoms with E-state index in [4.69, 9.17) is 5.73 Å². The summed E-state index contributed by atoms with van der Waals surface area (Å²) in [5.41, 5.74) is 5.68. The number of nitrogens with one attached hydrogen (secondary N) is 1. The number of allylic oxidation sites excluding steroid dienone is 2. The molecule has 0 aromatic rings. The molecule has 0 saturated carbocycles. The van der Waals surface area contributed by atoms with Crippen LogP contribution in [0.15, 0.2) is 23.9 Å². The van der Waals surface area contributed by atoms with Gasteiger partial charge in [-0.1, -0.05) is 0 Å². The van der Waals surface area contributed by atoms with E-state index < -0.39 is 5.91 Å². The Morgan fingerprint density at radius 2 is 2.36 bits per heavy atom. The molecule has 76 valence electrons. The zero-order valence-electron chi connectivity index (χ0n) is 7.82. The van der Waals surface area contributed by atoms with Crippen LogP contribution in [0, 0.1) is 0 Å². The third-order valence-electron chi connectivity index (χ3n) is 1.64. The van der Waals surface area contributed by atoms with Gasteiger partial charge in [-0.25, -0.2) is 0 Å². The summed E-state index contributed by atoms with van der Waals surface area (Å²) in [5, 5.41) is 2.76. The van der Waals surface area contributed by atoms with Gasteiger partial charge in [0, 0.05) is 5.57 Å². The van der Waals surface area contributed by atoms with Gasteiger partial charge in [-0.05, 0) is 25.3 Å². The molecule has 1 amide bonds. The quantitative estimate of drug-likeness (QED) is 0.696. The van der Waals surface area contributed by atoms with E-state index in [0.717, 1.165) is 0 Å². The molecule has 0 aromatic heterocycles. The van der Waals surface area contributed by atoms with E-state index in [0.29, 0.717) is 11.3 Å². The van der Waals surface area contributed by atoms with Crippen LogP contribution in [0.4, 0.5) is 0 Å². The second-order valence-electron chi connectivity index (χ2n) is 2.91. The maximum absolute atomic E-state index is 11.0. The average molecular weight is 212 g/mol. The second-order valence-corrected chi connectivity index (χ2v) is 4.00. The van der Waals surface area contributed by atoms with Crippen LogP contribution in [0.3, 0.4) is 0 Å². The highest BCUT2D eigenvalue weighted by molar-refractivity contribution is 8.00. The topological polar surface area (TPSA) is 72.2 Å². The molecule has 1 atom stereocenters. The number of dihydropyridines is 1. The molecule has 0 bridgehead atoms. The summed E-state index contributed by atoms with van der Waals surface area (Å²) in [7, 11) is 0. The molecule has 0 radical (unpaired) electrons. The van der Waals surface area contributed by atoms with Gasteiger partial charge in [0.25, 0.3) is 0 Å². The minimum atomic E-state index is -0.456. The number of nitrogens with two attached hydrogens (primary N) is 1. The molecule has 0 aromatic carbocycles. The number of Topliss-reactive ketones (excluding diaryl/α,β-unsaturated/α-hetero) is 1. The van der Waals surface area contributed by atoms with E-state index in [1.54, 1.807) is 18.4 Å². The first kappa shape index (κ1) is 10.8. The van der Waals surface area contributed by atoms with Crippen molar-refractivity contribution < 1.29 is 9.59 Å². The summed E-state index contributed by atoms with van der Waals surface area (Å²) in [5.74, 6) is -0.00562. The Labute approximate surface area is 86.6 Å². The minimum absolute atomic E-state index is 0.0789. The second kappa shape index (κ2) is 4.85. The molecule has 0 fully saturated rings. The molecular weight excluding hydrogens is 200 g/mol. The SMILES string of the molecule is CC(=O)CSC1NC=CC=C1C(N)=O. The van der Waals surface area contributed by atoms with Crippen LogP contribution in [0.2, 0.25) is 0 Å². The van der Waals surface area contributed by atoms with Crippen molar-refractivity contribution in [2.45, 2.75) is 12.3 Å². The van der Waals surface area contributed by atoms with Crippen LogP contribution in [0.1, 0.15) is 6.92 Å². The molecule has 1 aliphatic heterocycles. The Hall–Kier alpha value is -1.23. The standard InChI is InChI=1S/C9H12N2O2S/c1-6(12)5-14-9-7(8(10)13)3-2-4-11-9/h2-4,9,11H,5H2,1H3,(H2,10,13). The molecule has 4 nitrogen and oxygen atoms in total. The van der Waals surface area contributed by atoms with Gasteiger partial charge in [-0.15, -0.1) is 11.8 Å². The lowest BCUT2D eigenvalue weighted by Gasteiger charge is -2.20. The Bertz CT molecular complexity index is 310. The number of carbonyl (C=O) groups is 2. The highest BCUT2D eigenvalue weighted by Gasteiger charge is 2.19. The number of carbonyl (C=O) groups excluding carboxylic acids is 2. The van der Waals surface area contributed by atoms with Crippen molar-refractivity contribution in [3.8, 4) is 0 Å². The lowest BCUT2D eigenvalue weighted by molar-refractivity contribution is -0.115. The normalized spacial score (nSPS) is 19.8. The summed E-state index contributed by atoms with van der Waals surface area (Å²) < 4.78 is 0. The largest absolute Gasteiger partial charge is 0.375 e. The van der Waals surface area contributed by atoms with Crippen molar-refractivity contribution in [2.75, 3.05) is 5.75 Å². The molecule has 0 spiro atoms. The average Bonchev–Trinajstić information content (AvgIpc) is 2.15. The lowest BCUT2D eigenvalue weighted by Crippen LogP contribution is -2.33. The van der Waals surface area contributed by atoms with Gasteiger partial charge < -0.3 is 11.1 Å². The van der Waals surface area contributed by atoms with Crippen LogP contribution < -0.4 is 11.1 Å². The molecule has 1 aliphatic rings. The predicted octanol–water partition coefficient (Wildman–Crippen LogP) is 0.163. The molecule has 1 rings (SSSR count). The zero-order chi connectivity index (χ0) is 10.6. The Kier molecular flexibility index (Phi) is 3.76. The minimum Gasteiger partial charge on any atom is -0.375 e. The number of hydrogen-bond acceptors (Lipinski definition) is 4. The molecular formula is C9H12N2O2S. The molecule has 3 N–H and O–H groups in total. The van der Waals surface area contributed by atoms with E-state index in [1.165, 1.54) is 18.7 Å². The van der Waals surface area contributed by atoms with E-state index in [1.807, 2.05) is 0 Å². The number of amides is 1. The molecule has 1 heterocycles. The van der Waals surface area contributed by atoms with Crippen LogP contribution in [0.5, 0.6) is 0 Å². The number of hydrogen-bond donors (Lipinski definition) is 2. The van der Waals surface area contributed by atoms with Gasteiger partial charge in [-0.2, -0.15) is 0 Å². The molecule has 0 aliphatic carbocycles. The smallest absolute Gasteiger partial charge is 0.247 e. The number of ketones is 1. The lowest BCUT2D eigenvalue weighted by atomic mass is 10.2. The van der Waals surface area contributed by atoms with Gasteiger partial charge in [-0.3, -0.25) is 9.59 Å². The summed E-state index contributed by atoms with van der Waals surface area (Å²) in [4.78, 5) is 21.8. The summed E-state index contributed by atoms with van der Waals surface area (Å²) >= 11 is 1.36. The predicted molar refractivity (Wildman–Crippen MR) is 56.5 cm³/mol. The third-order valence-corrected chi connectivity index (χ3v) is 2.94. The van der Waals surface area contributed by atoms with Crippen LogP contribution in [-0.2, 0) is 9.59 Å². The van der Waals surface area contributed by atoms with Gasteiger partial charge >= 0.3 is 0 Å². The first-order valence-electron chi connectivity index (χ1n) is 4.15. The van der Waals surface area contributed by atoms with Gasteiger partial charge in [0.05, 0.1) is 5.75 Å². The number of primary amides is 1. The molecule has 5 heteroatoms. The van der Waals surface area contributed by atoms with Crippen molar-refractivity contribution in [3.63, 3.8) is 0 Å². The highest BCUT2D eigenvalue weighted by atomic mass is 32.2.